The molecule has 0 N–H and O–H groups in total. The molecule has 0 amide bonds. The summed E-state index contributed by atoms with van der Waals surface area (Å²) < 4.78 is 34.4. The molecule has 0 aliphatic carbocycles. The van der Waals surface area contributed by atoms with Crippen molar-refractivity contribution in [3.05, 3.63) is 97.2 Å². The van der Waals surface area contributed by atoms with Crippen LogP contribution in [-0.2, 0) is 32.7 Å². The number of phosphoric acid groups is 1. The molecule has 0 saturated heterocycles. The van der Waals surface area contributed by atoms with Gasteiger partial charge in [0.1, 0.15) is 19.8 Å². The zero-order valence-corrected chi connectivity index (χ0v) is 65.4. The van der Waals surface area contributed by atoms with Gasteiger partial charge in [-0.1, -0.05) is 400 Å². The van der Waals surface area contributed by atoms with Crippen LogP contribution in [-0.4, -0.2) is 70.0 Å². The maximum absolute atomic E-state index is 12.9. The van der Waals surface area contributed by atoms with Gasteiger partial charge in [-0.3, -0.25) is 14.2 Å². The van der Waals surface area contributed by atoms with E-state index >= 15 is 0 Å². The Morgan fingerprint density at radius 1 is 0.330 bits per heavy atom. The van der Waals surface area contributed by atoms with Crippen LogP contribution in [0.2, 0.25) is 0 Å². The van der Waals surface area contributed by atoms with Crippen molar-refractivity contribution < 1.29 is 42.1 Å². The molecule has 0 spiro atoms. The molecule has 564 valence electrons. The number of carbonyl (C=O) groups is 2. The molecule has 0 aromatic rings. The zero-order chi connectivity index (χ0) is 70.4. The Morgan fingerprint density at radius 3 is 0.876 bits per heavy atom. The van der Waals surface area contributed by atoms with Crippen molar-refractivity contribution in [2.75, 3.05) is 47.5 Å². The van der Waals surface area contributed by atoms with E-state index in [9.17, 15) is 19.0 Å². The topological polar surface area (TPSA) is 111 Å². The van der Waals surface area contributed by atoms with E-state index < -0.39 is 26.5 Å². The second-order valence-electron chi connectivity index (χ2n) is 29.1. The van der Waals surface area contributed by atoms with Crippen LogP contribution in [0.1, 0.15) is 393 Å². The third-order valence-corrected chi connectivity index (χ3v) is 19.3. The second-order valence-corrected chi connectivity index (χ2v) is 30.5. The first-order valence-corrected chi connectivity index (χ1v) is 42.9. The Labute approximate surface area is 602 Å². The maximum atomic E-state index is 12.9. The molecule has 0 aliphatic rings. The summed E-state index contributed by atoms with van der Waals surface area (Å²) in [5.41, 5.74) is 0. The van der Waals surface area contributed by atoms with Gasteiger partial charge < -0.3 is 27.9 Å². The quantitative estimate of drug-likeness (QED) is 0.0195. The molecular weight excluding hydrogens is 1220 g/mol. The van der Waals surface area contributed by atoms with Crippen LogP contribution in [0.25, 0.3) is 0 Å². The summed E-state index contributed by atoms with van der Waals surface area (Å²) in [7, 11) is 1.17. The molecule has 9 nitrogen and oxygen atoms in total. The minimum Gasteiger partial charge on any atom is -0.756 e. The van der Waals surface area contributed by atoms with Crippen molar-refractivity contribution >= 4 is 19.8 Å². The molecule has 0 rings (SSSR count). The second kappa shape index (κ2) is 77.1. The van der Waals surface area contributed by atoms with Crippen molar-refractivity contribution in [2.24, 2.45) is 0 Å². The Kier molecular flexibility index (Phi) is 74.7. The van der Waals surface area contributed by atoms with Crippen LogP contribution >= 0.6 is 7.82 Å². The van der Waals surface area contributed by atoms with E-state index in [1.165, 1.54) is 270 Å². The molecule has 0 aliphatic heterocycles. The predicted molar refractivity (Wildman–Crippen MR) is 420 cm³/mol. The van der Waals surface area contributed by atoms with Crippen molar-refractivity contribution in [1.82, 2.24) is 0 Å². The molecule has 10 heteroatoms. The third-order valence-electron chi connectivity index (χ3n) is 18.4. The number of phosphoric ester groups is 1. The fourth-order valence-electron chi connectivity index (χ4n) is 12.1. The van der Waals surface area contributed by atoms with Crippen LogP contribution in [0.15, 0.2) is 97.2 Å². The normalized spacial score (nSPS) is 13.5. The average molecular weight is 1380 g/mol. The van der Waals surface area contributed by atoms with Gasteiger partial charge in [0.05, 0.1) is 27.7 Å². The number of ether oxygens (including phenoxy) is 2. The fraction of sp³-hybridized carbons (Fsp3) is 0.793. The van der Waals surface area contributed by atoms with Gasteiger partial charge in [-0.2, -0.15) is 0 Å². The largest absolute Gasteiger partial charge is 0.756 e. The minimum atomic E-state index is -4.65. The average Bonchev–Trinajstić information content (AvgIpc) is 1.41. The Bertz CT molecular complexity index is 1960. The van der Waals surface area contributed by atoms with Crippen molar-refractivity contribution in [3.63, 3.8) is 0 Å². The highest BCUT2D eigenvalue weighted by molar-refractivity contribution is 7.45. The van der Waals surface area contributed by atoms with E-state index in [0.29, 0.717) is 17.4 Å². The summed E-state index contributed by atoms with van der Waals surface area (Å²) >= 11 is 0. The molecule has 0 bridgehead atoms. The summed E-state index contributed by atoms with van der Waals surface area (Å²) in [6.45, 7) is 4.18. The number of allylic oxidation sites excluding steroid dienone is 16. The van der Waals surface area contributed by atoms with Gasteiger partial charge in [0.2, 0.25) is 0 Å². The summed E-state index contributed by atoms with van der Waals surface area (Å²) in [5.74, 6) is -0.821. The lowest BCUT2D eigenvalue weighted by Gasteiger charge is -2.28. The Hall–Kier alpha value is -3.07. The van der Waals surface area contributed by atoms with Crippen LogP contribution in [0, 0.1) is 0 Å². The van der Waals surface area contributed by atoms with E-state index in [2.05, 4.69) is 111 Å². The first-order chi connectivity index (χ1) is 47.5. The van der Waals surface area contributed by atoms with Gasteiger partial charge in [0, 0.05) is 12.8 Å². The van der Waals surface area contributed by atoms with Crippen LogP contribution < -0.4 is 4.89 Å². The number of hydrogen-bond acceptors (Lipinski definition) is 8. The first-order valence-electron chi connectivity index (χ1n) is 41.4. The van der Waals surface area contributed by atoms with Crippen molar-refractivity contribution in [1.29, 1.82) is 0 Å². The van der Waals surface area contributed by atoms with E-state index in [1.807, 2.05) is 21.1 Å². The predicted octanol–water partition coefficient (Wildman–Crippen LogP) is 27.2. The van der Waals surface area contributed by atoms with E-state index in [0.717, 1.165) is 89.9 Å². The Balaban J connectivity index is 3.95. The van der Waals surface area contributed by atoms with Crippen LogP contribution in [0.3, 0.4) is 0 Å². The lowest BCUT2D eigenvalue weighted by atomic mass is 10.0. The number of likely N-dealkylation sites (N-methyl/N-ethyl adjacent to an activating group) is 1. The highest BCUT2D eigenvalue weighted by Crippen LogP contribution is 2.38. The Morgan fingerprint density at radius 2 is 0.588 bits per heavy atom. The molecule has 0 heterocycles. The number of nitrogens with zero attached hydrogens (tertiary/aromatic N) is 1. The summed E-state index contributed by atoms with van der Waals surface area (Å²) in [5, 5.41) is 0. The molecule has 2 unspecified atom stereocenters. The smallest absolute Gasteiger partial charge is 0.306 e. The fourth-order valence-corrected chi connectivity index (χ4v) is 12.8. The van der Waals surface area contributed by atoms with Gasteiger partial charge in [0.25, 0.3) is 7.82 Å². The number of unbranched alkanes of at least 4 members (excludes halogenated alkanes) is 47. The number of esters is 2. The van der Waals surface area contributed by atoms with Crippen molar-refractivity contribution in [3.8, 4) is 0 Å². The zero-order valence-electron chi connectivity index (χ0n) is 64.5. The third kappa shape index (κ3) is 81.8. The lowest BCUT2D eigenvalue weighted by molar-refractivity contribution is -0.870. The highest BCUT2D eigenvalue weighted by atomic mass is 31.2. The van der Waals surface area contributed by atoms with E-state index in [1.54, 1.807) is 0 Å². The molecule has 2 atom stereocenters. The maximum Gasteiger partial charge on any atom is 0.306 e. The molecule has 0 aromatic heterocycles. The lowest BCUT2D eigenvalue weighted by Crippen LogP contribution is -2.37. The summed E-state index contributed by atoms with van der Waals surface area (Å²) in [6.07, 6.45) is 108. The monoisotopic (exact) mass is 1380 g/mol. The highest BCUT2D eigenvalue weighted by Gasteiger charge is 2.22. The molecule has 0 aromatic carbocycles. The van der Waals surface area contributed by atoms with Crippen LogP contribution in [0.5, 0.6) is 0 Å². The summed E-state index contributed by atoms with van der Waals surface area (Å²) in [6, 6.07) is 0. The van der Waals surface area contributed by atoms with E-state index in [4.69, 9.17) is 18.5 Å². The molecule has 0 fully saturated rings. The van der Waals surface area contributed by atoms with Gasteiger partial charge >= 0.3 is 11.9 Å². The van der Waals surface area contributed by atoms with Gasteiger partial charge in [-0.15, -0.1) is 0 Å². The SMILES string of the molecule is CC/C=C\C/C=C\C/C=C\C/C=C\C/C=C\C/C=C\C/C=C\C/C=C\CCCCCCCCCCCCCCC(=O)OC(COC(=O)CCCCCCCCCCCCCCCCCCCCCCCCCCCCCCCCCCCCCC)COP(=O)([O-])OCC[N+](C)(C)C. The number of carbonyl (C=O) groups excluding carboxylic acids is 2. The van der Waals surface area contributed by atoms with Gasteiger partial charge in [-0.05, 0) is 77.0 Å². The standard InChI is InChI=1S/C87H158NO8P/c1-6-8-10-12-14-16-18-20-22-24-26-28-30-32-34-36-38-40-42-44-46-48-50-52-54-56-58-60-62-64-66-68-70-72-74-76-78-80-87(90)96-85(84-95-97(91,92)94-82-81-88(3,4)5)83-93-86(89)79-77-75-73-71-69-67-65-63-61-59-57-55-53-51-49-47-45-43-41-39-37-35-33-31-29-27-25-23-21-19-17-15-13-11-9-7-2/h8,10,14,16,20,22,26,28,32,34,38,40,44,46,50,52,85H,6-7,9,11-13,15,17-19,21,23-25,27,29-31,33,35-37,39,41-43,45,47-49,51,53-84H2,1-5H3/b10-8-,16-14-,22-20-,28-26-,34-32-,40-38-,46-44-,52-50-. The molecule has 0 radical (unpaired) electrons. The molecule has 0 saturated carbocycles. The van der Waals surface area contributed by atoms with Crippen LogP contribution in [0.4, 0.5) is 0 Å². The molecule has 97 heavy (non-hydrogen) atoms. The first kappa shape index (κ1) is 93.9. The minimum absolute atomic E-state index is 0.0324. The van der Waals surface area contributed by atoms with Gasteiger partial charge in [0.15, 0.2) is 6.10 Å². The number of rotatable bonds is 77. The number of quaternary nitrogens is 1. The summed E-state index contributed by atoms with van der Waals surface area (Å²) in [4.78, 5) is 38.2. The van der Waals surface area contributed by atoms with Gasteiger partial charge in [-0.25, -0.2) is 0 Å². The number of hydrogen-bond donors (Lipinski definition) is 0. The van der Waals surface area contributed by atoms with E-state index in [-0.39, 0.29) is 32.0 Å². The molecular formula is C87H158NO8P. The van der Waals surface area contributed by atoms with Crippen molar-refractivity contribution in [2.45, 2.75) is 399 Å².